The number of fused-ring (bicyclic) bond motifs is 1. The summed E-state index contributed by atoms with van der Waals surface area (Å²) in [5.41, 5.74) is 0.531. The molecule has 0 radical (unpaired) electrons. The highest BCUT2D eigenvalue weighted by atomic mass is 32.2. The van der Waals surface area contributed by atoms with E-state index in [4.69, 9.17) is 5.14 Å². The van der Waals surface area contributed by atoms with E-state index in [9.17, 15) is 13.2 Å². The summed E-state index contributed by atoms with van der Waals surface area (Å²) in [5.74, 6) is 0.973. The van der Waals surface area contributed by atoms with Crippen molar-refractivity contribution in [2.45, 2.75) is 41.9 Å². The lowest BCUT2D eigenvalue weighted by Crippen LogP contribution is -2.51. The van der Waals surface area contributed by atoms with Crippen molar-refractivity contribution < 1.29 is 13.2 Å². The van der Waals surface area contributed by atoms with Gasteiger partial charge in [-0.1, -0.05) is 12.8 Å². The summed E-state index contributed by atoms with van der Waals surface area (Å²) in [5, 5.41) is 5.64. The lowest BCUT2D eigenvalue weighted by atomic mass is 9.93. The van der Waals surface area contributed by atoms with Crippen molar-refractivity contribution in [1.82, 2.24) is 4.90 Å². The maximum Gasteiger partial charge on any atom is 0.254 e. The molecular formula is C15H20N2O3S2. The van der Waals surface area contributed by atoms with Gasteiger partial charge in [0.25, 0.3) is 5.91 Å². The summed E-state index contributed by atoms with van der Waals surface area (Å²) in [7, 11) is -3.72. The van der Waals surface area contributed by atoms with Crippen molar-refractivity contribution in [2.75, 3.05) is 12.3 Å². The Balaban J connectivity index is 1.80. The Hall–Kier alpha value is -1.05. The number of benzene rings is 1. The van der Waals surface area contributed by atoms with Crippen molar-refractivity contribution in [2.24, 2.45) is 5.14 Å². The highest BCUT2D eigenvalue weighted by Crippen LogP contribution is 2.36. The Morgan fingerprint density at radius 1 is 1.18 bits per heavy atom. The molecule has 1 aliphatic heterocycles. The summed E-state index contributed by atoms with van der Waals surface area (Å²) >= 11 is 1.98. The molecule has 22 heavy (non-hydrogen) atoms. The highest BCUT2D eigenvalue weighted by molar-refractivity contribution is 8.00. The third-order valence-electron chi connectivity index (χ3n) is 4.42. The number of rotatable bonds is 2. The van der Waals surface area contributed by atoms with Crippen LogP contribution in [0.2, 0.25) is 0 Å². The Bertz CT molecular complexity index is 656. The van der Waals surface area contributed by atoms with Crippen LogP contribution in [0.25, 0.3) is 0 Å². The van der Waals surface area contributed by atoms with Crippen LogP contribution in [0.5, 0.6) is 0 Å². The predicted octanol–water partition coefficient (Wildman–Crippen LogP) is 1.83. The number of primary sulfonamides is 1. The molecule has 1 aliphatic carbocycles. The van der Waals surface area contributed by atoms with Gasteiger partial charge in [0, 0.05) is 29.2 Å². The first-order chi connectivity index (χ1) is 10.5. The standard InChI is InChI=1S/C15H20N2O3S2/c16-22(19,20)12-7-5-11(6-8-12)15(18)17-9-10-21-14-4-2-1-3-13(14)17/h5-8,13-14H,1-4,9-10H2,(H2,16,19,20)/t13-,14-/m1/s1. The van der Waals surface area contributed by atoms with Crippen LogP contribution in [0.1, 0.15) is 36.0 Å². The number of hydrogen-bond acceptors (Lipinski definition) is 4. The third kappa shape index (κ3) is 3.16. The molecule has 2 N–H and O–H groups in total. The number of hydrogen-bond donors (Lipinski definition) is 1. The van der Waals surface area contributed by atoms with Crippen LogP contribution in [0.4, 0.5) is 0 Å². The van der Waals surface area contributed by atoms with E-state index in [2.05, 4.69) is 0 Å². The molecular weight excluding hydrogens is 320 g/mol. The Morgan fingerprint density at radius 3 is 2.55 bits per heavy atom. The van der Waals surface area contributed by atoms with Crippen molar-refractivity contribution >= 4 is 27.7 Å². The van der Waals surface area contributed by atoms with Gasteiger partial charge in [-0.25, -0.2) is 13.6 Å². The normalized spacial score (nSPS) is 25.6. The van der Waals surface area contributed by atoms with Gasteiger partial charge < -0.3 is 4.90 Å². The van der Waals surface area contributed by atoms with E-state index >= 15 is 0 Å². The minimum absolute atomic E-state index is 0.00170. The van der Waals surface area contributed by atoms with Crippen LogP contribution < -0.4 is 5.14 Å². The lowest BCUT2D eigenvalue weighted by molar-refractivity contribution is 0.0646. The molecule has 1 amide bonds. The first-order valence-corrected chi connectivity index (χ1v) is 10.1. The van der Waals surface area contributed by atoms with Gasteiger partial charge >= 0.3 is 0 Å². The fraction of sp³-hybridized carbons (Fsp3) is 0.533. The SMILES string of the molecule is NS(=O)(=O)c1ccc(C(=O)N2CCS[C@@H]3CCCC[C@H]32)cc1. The van der Waals surface area contributed by atoms with Gasteiger partial charge in [0.05, 0.1) is 4.90 Å². The zero-order chi connectivity index (χ0) is 15.7. The summed E-state index contributed by atoms with van der Waals surface area (Å²) in [4.78, 5) is 14.8. The van der Waals surface area contributed by atoms with Crippen LogP contribution in [0.3, 0.4) is 0 Å². The fourth-order valence-electron chi connectivity index (χ4n) is 3.30. The number of carbonyl (C=O) groups excluding carboxylic acids is 1. The lowest BCUT2D eigenvalue weighted by Gasteiger charge is -2.43. The number of carbonyl (C=O) groups is 1. The van der Waals surface area contributed by atoms with Gasteiger partial charge in [-0.05, 0) is 37.1 Å². The van der Waals surface area contributed by atoms with Crippen LogP contribution in [0, 0.1) is 0 Å². The molecule has 2 atom stereocenters. The maximum absolute atomic E-state index is 12.8. The zero-order valence-corrected chi connectivity index (χ0v) is 13.9. The van der Waals surface area contributed by atoms with Crippen molar-refractivity contribution in [3.63, 3.8) is 0 Å². The molecule has 5 nitrogen and oxygen atoms in total. The van der Waals surface area contributed by atoms with E-state index in [0.717, 1.165) is 18.7 Å². The molecule has 7 heteroatoms. The van der Waals surface area contributed by atoms with E-state index in [1.807, 2.05) is 16.7 Å². The van der Waals surface area contributed by atoms with Gasteiger partial charge in [-0.3, -0.25) is 4.79 Å². The average molecular weight is 340 g/mol. The smallest absolute Gasteiger partial charge is 0.254 e. The molecule has 2 fully saturated rings. The molecule has 3 rings (SSSR count). The second-order valence-electron chi connectivity index (χ2n) is 5.83. The van der Waals surface area contributed by atoms with Gasteiger partial charge in [-0.2, -0.15) is 11.8 Å². The fourth-order valence-corrected chi connectivity index (χ4v) is 5.26. The molecule has 1 saturated heterocycles. The number of nitrogens with zero attached hydrogens (tertiary/aromatic N) is 1. The largest absolute Gasteiger partial charge is 0.334 e. The van der Waals surface area contributed by atoms with Crippen molar-refractivity contribution in [3.05, 3.63) is 29.8 Å². The Labute approximate surface area is 135 Å². The van der Waals surface area contributed by atoms with E-state index < -0.39 is 10.0 Å². The van der Waals surface area contributed by atoms with E-state index in [0.29, 0.717) is 16.9 Å². The minimum Gasteiger partial charge on any atom is -0.334 e. The maximum atomic E-state index is 12.8. The quantitative estimate of drug-likeness (QED) is 0.891. The van der Waals surface area contributed by atoms with E-state index in [1.54, 1.807) is 12.1 Å². The Morgan fingerprint density at radius 2 is 1.86 bits per heavy atom. The zero-order valence-electron chi connectivity index (χ0n) is 12.3. The van der Waals surface area contributed by atoms with Crippen LogP contribution in [-0.2, 0) is 10.0 Å². The summed E-state index contributed by atoms with van der Waals surface area (Å²) < 4.78 is 22.6. The van der Waals surface area contributed by atoms with Crippen LogP contribution in [-0.4, -0.2) is 42.8 Å². The molecule has 1 saturated carbocycles. The molecule has 0 bridgehead atoms. The molecule has 120 valence electrons. The molecule has 0 unspecified atom stereocenters. The van der Waals surface area contributed by atoms with E-state index in [-0.39, 0.29) is 10.8 Å². The summed E-state index contributed by atoms with van der Waals surface area (Å²) in [6.07, 6.45) is 4.68. The van der Waals surface area contributed by atoms with Gasteiger partial charge in [0.15, 0.2) is 0 Å². The summed E-state index contributed by atoms with van der Waals surface area (Å²) in [6, 6.07) is 6.24. The van der Waals surface area contributed by atoms with Gasteiger partial charge in [0.1, 0.15) is 0 Å². The van der Waals surface area contributed by atoms with Gasteiger partial charge in [-0.15, -0.1) is 0 Å². The third-order valence-corrected chi connectivity index (χ3v) is 6.75. The predicted molar refractivity (Wildman–Crippen MR) is 87.4 cm³/mol. The monoisotopic (exact) mass is 340 g/mol. The highest BCUT2D eigenvalue weighted by Gasteiger charge is 2.36. The second kappa shape index (κ2) is 6.22. The number of sulfonamides is 1. The first kappa shape index (κ1) is 15.8. The Kier molecular flexibility index (Phi) is 4.47. The molecule has 0 aromatic heterocycles. The van der Waals surface area contributed by atoms with Crippen molar-refractivity contribution in [1.29, 1.82) is 0 Å². The van der Waals surface area contributed by atoms with Crippen molar-refractivity contribution in [3.8, 4) is 0 Å². The van der Waals surface area contributed by atoms with Crippen LogP contribution >= 0.6 is 11.8 Å². The second-order valence-corrected chi connectivity index (χ2v) is 8.74. The molecule has 1 aromatic carbocycles. The van der Waals surface area contributed by atoms with E-state index in [1.165, 1.54) is 31.4 Å². The van der Waals surface area contributed by atoms with Gasteiger partial charge in [0.2, 0.25) is 10.0 Å². The topological polar surface area (TPSA) is 80.5 Å². The first-order valence-electron chi connectivity index (χ1n) is 7.52. The number of amides is 1. The average Bonchev–Trinajstić information content (AvgIpc) is 2.53. The molecule has 1 aromatic rings. The van der Waals surface area contributed by atoms with Crippen LogP contribution in [0.15, 0.2) is 29.2 Å². The molecule has 0 spiro atoms. The number of thioether (sulfide) groups is 1. The molecule has 1 heterocycles. The molecule has 2 aliphatic rings. The summed E-state index contributed by atoms with van der Waals surface area (Å²) in [6.45, 7) is 0.765. The number of nitrogens with two attached hydrogens (primary N) is 1. The minimum atomic E-state index is -3.72.